The Kier molecular flexibility index (Phi) is 6.68. The van der Waals surface area contributed by atoms with Gasteiger partial charge in [-0.15, -0.1) is 0 Å². The summed E-state index contributed by atoms with van der Waals surface area (Å²) in [7, 11) is 1.60. The van der Waals surface area contributed by atoms with E-state index in [1.165, 1.54) is 0 Å². The predicted octanol–water partition coefficient (Wildman–Crippen LogP) is 2.05. The number of carboxylic acid groups (broad SMARTS) is 1. The molecule has 2 aliphatic heterocycles. The summed E-state index contributed by atoms with van der Waals surface area (Å²) in [4.78, 5) is 26.2. The lowest BCUT2D eigenvalue weighted by Crippen LogP contribution is -2.43. The number of aliphatic carboxylic acids is 1. The van der Waals surface area contributed by atoms with Crippen LogP contribution in [0.25, 0.3) is 0 Å². The molecule has 2 saturated heterocycles. The van der Waals surface area contributed by atoms with Gasteiger partial charge in [-0.1, -0.05) is 12.1 Å². The molecule has 1 amide bonds. The largest absolute Gasteiger partial charge is 0.490 e. The molecule has 2 heterocycles. The van der Waals surface area contributed by atoms with E-state index in [0.717, 1.165) is 12.8 Å². The Morgan fingerprint density at radius 2 is 1.93 bits per heavy atom. The molecule has 2 fully saturated rings. The first kappa shape index (κ1) is 19.6. The number of hydrogen-bond donors (Lipinski definition) is 1. The van der Waals surface area contributed by atoms with Crippen molar-refractivity contribution < 1.29 is 28.9 Å². The van der Waals surface area contributed by atoms with Gasteiger partial charge in [-0.05, 0) is 37.3 Å². The third-order valence-corrected chi connectivity index (χ3v) is 5.41. The molecule has 0 aliphatic carbocycles. The number of nitrogens with zero attached hydrogens (tertiary/aromatic N) is 1. The summed E-state index contributed by atoms with van der Waals surface area (Å²) < 4.78 is 16.4. The highest BCUT2D eigenvalue weighted by Crippen LogP contribution is 2.34. The van der Waals surface area contributed by atoms with Crippen molar-refractivity contribution >= 4 is 11.9 Å². The van der Waals surface area contributed by atoms with Crippen molar-refractivity contribution in [2.45, 2.75) is 25.4 Å². The molecule has 7 heteroatoms. The zero-order valence-electron chi connectivity index (χ0n) is 15.6. The van der Waals surface area contributed by atoms with Crippen molar-refractivity contribution in [3.05, 3.63) is 29.8 Å². The Labute approximate surface area is 159 Å². The Bertz CT molecular complexity index is 656. The Hall–Kier alpha value is -2.12. The topological polar surface area (TPSA) is 85.3 Å². The number of ether oxygens (including phenoxy) is 3. The van der Waals surface area contributed by atoms with Gasteiger partial charge in [0.05, 0.1) is 24.2 Å². The third-order valence-electron chi connectivity index (χ3n) is 5.41. The van der Waals surface area contributed by atoms with Crippen LogP contribution >= 0.6 is 0 Å². The van der Waals surface area contributed by atoms with Crippen LogP contribution in [0.5, 0.6) is 5.75 Å². The molecule has 1 aromatic rings. The molecule has 3 rings (SSSR count). The second-order valence-corrected chi connectivity index (χ2v) is 7.04. The third kappa shape index (κ3) is 4.59. The number of carbonyl (C=O) groups excluding carboxylic acids is 1. The van der Waals surface area contributed by atoms with Crippen molar-refractivity contribution in [3.63, 3.8) is 0 Å². The number of benzene rings is 1. The number of hydrogen-bond acceptors (Lipinski definition) is 5. The maximum Gasteiger partial charge on any atom is 0.309 e. The normalized spacial score (nSPS) is 23.4. The van der Waals surface area contributed by atoms with Gasteiger partial charge >= 0.3 is 5.97 Å². The minimum atomic E-state index is -0.779. The van der Waals surface area contributed by atoms with Crippen molar-refractivity contribution in [2.75, 3.05) is 40.0 Å². The van der Waals surface area contributed by atoms with Crippen molar-refractivity contribution in [2.24, 2.45) is 11.8 Å². The lowest BCUT2D eigenvalue weighted by Gasteiger charge is -2.35. The minimum Gasteiger partial charge on any atom is -0.490 e. The van der Waals surface area contributed by atoms with Gasteiger partial charge in [0.1, 0.15) is 12.4 Å². The van der Waals surface area contributed by atoms with Crippen LogP contribution < -0.4 is 4.74 Å². The van der Waals surface area contributed by atoms with E-state index < -0.39 is 11.9 Å². The molecular formula is C20H27NO6. The second-order valence-electron chi connectivity index (χ2n) is 7.04. The number of likely N-dealkylation sites (tertiary alicyclic amines) is 1. The molecule has 0 spiro atoms. The monoisotopic (exact) mass is 377 g/mol. The standard InChI is InChI=1S/C20H27NO6/c1-25-12-13-26-17-5-3-2-4-15(17)19(22)21-9-6-14(7-10-21)18-16(20(23)24)8-11-27-18/h2-5,14,16,18H,6-13H2,1H3,(H,23,24)/t16?,18-/m0/s1. The Balaban J connectivity index is 1.60. The highest BCUT2D eigenvalue weighted by molar-refractivity contribution is 5.97. The van der Waals surface area contributed by atoms with Gasteiger partial charge in [0, 0.05) is 26.8 Å². The quantitative estimate of drug-likeness (QED) is 0.732. The fraction of sp³-hybridized carbons (Fsp3) is 0.600. The molecule has 1 unspecified atom stereocenters. The molecule has 0 saturated carbocycles. The lowest BCUT2D eigenvalue weighted by atomic mass is 9.84. The number of methoxy groups -OCH3 is 1. The fourth-order valence-electron chi connectivity index (χ4n) is 3.95. The molecule has 0 aromatic heterocycles. The summed E-state index contributed by atoms with van der Waals surface area (Å²) in [5.74, 6) is -0.508. The zero-order chi connectivity index (χ0) is 19.2. The van der Waals surface area contributed by atoms with Gasteiger partial charge in [-0.2, -0.15) is 0 Å². The molecule has 2 aliphatic rings. The van der Waals surface area contributed by atoms with Crippen LogP contribution in [0.3, 0.4) is 0 Å². The van der Waals surface area contributed by atoms with Crippen molar-refractivity contribution in [3.8, 4) is 5.75 Å². The average molecular weight is 377 g/mol. The highest BCUT2D eigenvalue weighted by Gasteiger charge is 2.41. The average Bonchev–Trinajstić information content (AvgIpc) is 3.18. The summed E-state index contributed by atoms with van der Waals surface area (Å²) in [6, 6.07) is 7.23. The van der Waals surface area contributed by atoms with Crippen LogP contribution in [0.1, 0.15) is 29.6 Å². The van der Waals surface area contributed by atoms with Gasteiger partial charge < -0.3 is 24.2 Å². The number of carboxylic acids is 1. The number of amides is 1. The molecule has 1 aromatic carbocycles. The number of para-hydroxylation sites is 1. The summed E-state index contributed by atoms with van der Waals surface area (Å²) in [5.41, 5.74) is 0.549. The minimum absolute atomic E-state index is 0.0522. The number of rotatable bonds is 7. The van der Waals surface area contributed by atoms with Gasteiger partial charge in [0.25, 0.3) is 5.91 Å². The summed E-state index contributed by atoms with van der Waals surface area (Å²) in [5, 5.41) is 9.36. The molecule has 0 radical (unpaired) electrons. The summed E-state index contributed by atoms with van der Waals surface area (Å²) in [6.45, 7) is 2.55. The fourth-order valence-corrected chi connectivity index (χ4v) is 3.95. The Morgan fingerprint density at radius 3 is 2.63 bits per heavy atom. The SMILES string of the molecule is COCCOc1ccccc1C(=O)N1CCC([C@@H]2OCCC2C(=O)O)CC1. The molecule has 27 heavy (non-hydrogen) atoms. The summed E-state index contributed by atoms with van der Waals surface area (Å²) >= 11 is 0. The van der Waals surface area contributed by atoms with E-state index in [0.29, 0.717) is 50.6 Å². The van der Waals surface area contributed by atoms with Crippen molar-refractivity contribution in [1.29, 1.82) is 0 Å². The first-order chi connectivity index (χ1) is 13.1. The van der Waals surface area contributed by atoms with E-state index in [1.807, 2.05) is 17.0 Å². The van der Waals surface area contributed by atoms with Crippen LogP contribution in [0.2, 0.25) is 0 Å². The number of carbonyl (C=O) groups is 2. The van der Waals surface area contributed by atoms with Gasteiger partial charge in [-0.25, -0.2) is 0 Å². The van der Waals surface area contributed by atoms with Crippen LogP contribution in [0.4, 0.5) is 0 Å². The van der Waals surface area contributed by atoms with E-state index in [-0.39, 0.29) is 17.9 Å². The maximum absolute atomic E-state index is 12.9. The molecule has 148 valence electrons. The molecular weight excluding hydrogens is 350 g/mol. The summed E-state index contributed by atoms with van der Waals surface area (Å²) in [6.07, 6.45) is 1.86. The molecule has 2 atom stereocenters. The van der Waals surface area contributed by atoms with E-state index in [2.05, 4.69) is 0 Å². The Morgan fingerprint density at radius 1 is 1.19 bits per heavy atom. The predicted molar refractivity (Wildman–Crippen MR) is 97.9 cm³/mol. The highest BCUT2D eigenvalue weighted by atomic mass is 16.5. The van der Waals surface area contributed by atoms with E-state index in [4.69, 9.17) is 14.2 Å². The van der Waals surface area contributed by atoms with Gasteiger partial charge in [0.2, 0.25) is 0 Å². The van der Waals surface area contributed by atoms with Crippen molar-refractivity contribution in [1.82, 2.24) is 4.90 Å². The van der Waals surface area contributed by atoms with E-state index in [1.54, 1.807) is 19.2 Å². The number of piperidine rings is 1. The lowest BCUT2D eigenvalue weighted by molar-refractivity contribution is -0.145. The zero-order valence-corrected chi connectivity index (χ0v) is 15.6. The van der Waals surface area contributed by atoms with E-state index >= 15 is 0 Å². The van der Waals surface area contributed by atoms with Crippen LogP contribution in [0.15, 0.2) is 24.3 Å². The first-order valence-electron chi connectivity index (χ1n) is 9.46. The van der Waals surface area contributed by atoms with Crippen LogP contribution in [0, 0.1) is 11.8 Å². The maximum atomic E-state index is 12.9. The molecule has 7 nitrogen and oxygen atoms in total. The van der Waals surface area contributed by atoms with Crippen LogP contribution in [-0.2, 0) is 14.3 Å². The van der Waals surface area contributed by atoms with Gasteiger partial charge in [-0.3, -0.25) is 9.59 Å². The van der Waals surface area contributed by atoms with Gasteiger partial charge in [0.15, 0.2) is 0 Å². The molecule has 0 bridgehead atoms. The second kappa shape index (κ2) is 9.19. The van der Waals surface area contributed by atoms with E-state index in [9.17, 15) is 14.7 Å². The van der Waals surface area contributed by atoms with Crippen LogP contribution in [-0.4, -0.2) is 68.0 Å². The molecule has 1 N–H and O–H groups in total. The smallest absolute Gasteiger partial charge is 0.309 e. The first-order valence-corrected chi connectivity index (χ1v) is 9.46.